The third-order valence-corrected chi connectivity index (χ3v) is 5.27. The molecule has 9 nitrogen and oxygen atoms in total. The predicted octanol–water partition coefficient (Wildman–Crippen LogP) is 1.63. The molecule has 1 aromatic rings. The molecule has 10 heteroatoms. The van der Waals surface area contributed by atoms with Gasteiger partial charge in [0.15, 0.2) is 6.29 Å². The number of non-ortho nitro benzene ring substituents is 1. The molecule has 2 aliphatic rings. The van der Waals surface area contributed by atoms with Crippen molar-refractivity contribution >= 4 is 16.1 Å². The van der Waals surface area contributed by atoms with Gasteiger partial charge in [0.1, 0.15) is 11.9 Å². The Kier molecular flexibility index (Phi) is 4.47. The first-order chi connectivity index (χ1) is 11.3. The van der Waals surface area contributed by atoms with Gasteiger partial charge in [0.25, 0.3) is 5.69 Å². The zero-order chi connectivity index (χ0) is 17.5. The van der Waals surface area contributed by atoms with E-state index in [4.69, 9.17) is 17.8 Å². The van der Waals surface area contributed by atoms with Crippen molar-refractivity contribution in [1.29, 1.82) is 0 Å². The first kappa shape index (κ1) is 17.1. The number of rotatable bonds is 5. The summed E-state index contributed by atoms with van der Waals surface area (Å²) in [6, 6.07) is 4.66. The van der Waals surface area contributed by atoms with Crippen LogP contribution in [0.4, 0.5) is 5.69 Å². The van der Waals surface area contributed by atoms with Crippen LogP contribution >= 0.6 is 0 Å². The molecule has 2 bridgehead atoms. The van der Waals surface area contributed by atoms with Gasteiger partial charge in [-0.25, -0.2) is 4.18 Å². The zero-order valence-corrected chi connectivity index (χ0v) is 13.8. The summed E-state index contributed by atoms with van der Waals surface area (Å²) in [7, 11) is -4.38. The molecule has 0 N–H and O–H groups in total. The van der Waals surface area contributed by atoms with Crippen molar-refractivity contribution in [2.75, 3.05) is 6.61 Å². The van der Waals surface area contributed by atoms with Crippen LogP contribution in [0.5, 0.6) is 5.75 Å². The van der Waals surface area contributed by atoms with Gasteiger partial charge < -0.3 is 13.7 Å². The van der Waals surface area contributed by atoms with Crippen molar-refractivity contribution in [1.82, 2.24) is 0 Å². The summed E-state index contributed by atoms with van der Waals surface area (Å²) in [4.78, 5) is 10.0. The lowest BCUT2D eigenvalue weighted by atomic mass is 9.85. The lowest BCUT2D eigenvalue weighted by Gasteiger charge is -2.36. The maximum Gasteiger partial charge on any atom is 0.449 e. The minimum absolute atomic E-state index is 0.0665. The summed E-state index contributed by atoms with van der Waals surface area (Å²) in [6.07, 6.45) is -1.64. The monoisotopic (exact) mass is 359 g/mol. The molecule has 5 atom stereocenters. The summed E-state index contributed by atoms with van der Waals surface area (Å²) < 4.78 is 45.2. The number of nitro groups is 1. The molecule has 0 spiro atoms. The lowest BCUT2D eigenvalue weighted by molar-refractivity contribution is -0.384. The molecule has 3 rings (SSSR count). The molecular weight excluding hydrogens is 342 g/mol. The summed E-state index contributed by atoms with van der Waals surface area (Å²) in [6.45, 7) is 4.22. The molecule has 132 valence electrons. The van der Waals surface area contributed by atoms with Crippen LogP contribution in [0.2, 0.25) is 0 Å². The summed E-state index contributed by atoms with van der Waals surface area (Å²) in [5.74, 6) is -0.113. The van der Waals surface area contributed by atoms with Crippen molar-refractivity contribution in [3.05, 3.63) is 34.4 Å². The van der Waals surface area contributed by atoms with Crippen LogP contribution in [-0.4, -0.2) is 38.4 Å². The maximum atomic E-state index is 12.1. The highest BCUT2D eigenvalue weighted by Gasteiger charge is 2.49. The van der Waals surface area contributed by atoms with E-state index in [-0.39, 0.29) is 29.4 Å². The highest BCUT2D eigenvalue weighted by molar-refractivity contribution is 7.82. The molecule has 2 saturated heterocycles. The lowest BCUT2D eigenvalue weighted by Crippen LogP contribution is -2.47. The van der Waals surface area contributed by atoms with Crippen LogP contribution in [0.1, 0.15) is 13.8 Å². The second-order valence-corrected chi connectivity index (χ2v) is 7.07. The van der Waals surface area contributed by atoms with E-state index in [1.807, 2.05) is 13.8 Å². The number of nitrogens with zero attached hydrogens (tertiary/aromatic N) is 1. The van der Waals surface area contributed by atoms with E-state index in [0.717, 1.165) is 12.1 Å². The number of hydrogen-bond donors (Lipinski definition) is 0. The minimum Gasteiger partial charge on any atom is -0.362 e. The molecule has 0 aromatic heterocycles. The third kappa shape index (κ3) is 3.36. The Morgan fingerprint density at radius 3 is 2.50 bits per heavy atom. The fourth-order valence-corrected chi connectivity index (χ4v) is 3.73. The maximum absolute atomic E-state index is 12.1. The Bertz CT molecular complexity index is 719. The molecule has 0 amide bonds. The molecule has 2 unspecified atom stereocenters. The van der Waals surface area contributed by atoms with Crippen molar-refractivity contribution < 1.29 is 31.2 Å². The summed E-state index contributed by atoms with van der Waals surface area (Å²) in [5, 5.41) is 10.6. The summed E-state index contributed by atoms with van der Waals surface area (Å²) >= 11 is 0. The van der Waals surface area contributed by atoms with E-state index in [1.165, 1.54) is 12.1 Å². The molecule has 1 aromatic carbocycles. The van der Waals surface area contributed by atoms with Gasteiger partial charge in [-0.3, -0.25) is 10.1 Å². The van der Waals surface area contributed by atoms with Crippen molar-refractivity contribution in [3.8, 4) is 5.75 Å². The number of nitro benzene ring substituents is 1. The predicted molar refractivity (Wildman–Crippen MR) is 80.5 cm³/mol. The smallest absolute Gasteiger partial charge is 0.362 e. The quantitative estimate of drug-likeness (QED) is 0.575. The van der Waals surface area contributed by atoms with Crippen molar-refractivity contribution in [2.45, 2.75) is 32.3 Å². The van der Waals surface area contributed by atoms with Gasteiger partial charge in [0.05, 0.1) is 17.6 Å². The normalized spacial score (nSPS) is 32.5. The Morgan fingerprint density at radius 1 is 1.21 bits per heavy atom. The molecule has 0 radical (unpaired) electrons. The highest BCUT2D eigenvalue weighted by Crippen LogP contribution is 2.38. The van der Waals surface area contributed by atoms with E-state index in [1.54, 1.807) is 0 Å². The van der Waals surface area contributed by atoms with E-state index < -0.39 is 27.7 Å². The number of ether oxygens (including phenoxy) is 2. The largest absolute Gasteiger partial charge is 0.449 e. The Balaban J connectivity index is 1.70. The van der Waals surface area contributed by atoms with Gasteiger partial charge in [-0.15, -0.1) is 0 Å². The van der Waals surface area contributed by atoms with E-state index in [2.05, 4.69) is 0 Å². The molecule has 0 saturated carbocycles. The highest BCUT2D eigenvalue weighted by atomic mass is 32.3. The fourth-order valence-electron chi connectivity index (χ4n) is 2.80. The Morgan fingerprint density at radius 2 is 1.88 bits per heavy atom. The SMILES string of the molecule is C[C@@H]1C2CO[C@H](O2)C(OS(=O)(=O)Oc2ccc([N+](=O)[O-])cc2)[C@H]1C. The fraction of sp³-hybridized carbons (Fsp3) is 0.571. The van der Waals surface area contributed by atoms with Crippen LogP contribution in [0.3, 0.4) is 0 Å². The standard InChI is InChI=1S/C14H17NO8S/c1-8-9(2)13(14-20-7-12(8)21-14)23-24(18,19)22-11-5-3-10(4-6-11)15(16)17/h3-6,8-9,12-14H,7H2,1-2H3/t8-,9-,12?,13?,14+/m0/s1. The second-order valence-electron chi connectivity index (χ2n) is 5.90. The molecule has 2 fully saturated rings. The molecule has 2 aliphatic heterocycles. The van der Waals surface area contributed by atoms with Crippen LogP contribution in [0.15, 0.2) is 24.3 Å². The Hall–Kier alpha value is -1.75. The van der Waals surface area contributed by atoms with E-state index >= 15 is 0 Å². The van der Waals surface area contributed by atoms with Gasteiger partial charge >= 0.3 is 10.4 Å². The topological polar surface area (TPSA) is 114 Å². The number of hydrogen-bond acceptors (Lipinski definition) is 8. The van der Waals surface area contributed by atoms with E-state index in [9.17, 15) is 18.5 Å². The average Bonchev–Trinajstić information content (AvgIpc) is 2.97. The first-order valence-corrected chi connectivity index (χ1v) is 8.74. The average molecular weight is 359 g/mol. The third-order valence-electron chi connectivity index (χ3n) is 4.41. The Labute approximate surface area is 138 Å². The van der Waals surface area contributed by atoms with Gasteiger partial charge in [-0.05, 0) is 24.0 Å². The number of benzene rings is 1. The van der Waals surface area contributed by atoms with Crippen LogP contribution in [-0.2, 0) is 24.1 Å². The molecule has 2 heterocycles. The number of fused-ring (bicyclic) bond motifs is 2. The van der Waals surface area contributed by atoms with Crippen LogP contribution in [0.25, 0.3) is 0 Å². The molecule has 24 heavy (non-hydrogen) atoms. The zero-order valence-electron chi connectivity index (χ0n) is 13.0. The van der Waals surface area contributed by atoms with Crippen LogP contribution < -0.4 is 4.18 Å². The summed E-state index contributed by atoms with van der Waals surface area (Å²) in [5.41, 5.74) is -0.172. The van der Waals surface area contributed by atoms with Gasteiger partial charge in [-0.2, -0.15) is 8.42 Å². The molecule has 0 aliphatic carbocycles. The minimum atomic E-state index is -4.38. The van der Waals surface area contributed by atoms with Gasteiger partial charge in [-0.1, -0.05) is 13.8 Å². The van der Waals surface area contributed by atoms with Gasteiger partial charge in [0.2, 0.25) is 0 Å². The first-order valence-electron chi connectivity index (χ1n) is 7.41. The molecular formula is C14H17NO8S. The van der Waals surface area contributed by atoms with Crippen LogP contribution in [0, 0.1) is 22.0 Å². The van der Waals surface area contributed by atoms with E-state index in [0.29, 0.717) is 6.61 Å². The van der Waals surface area contributed by atoms with Gasteiger partial charge in [0, 0.05) is 12.1 Å². The second kappa shape index (κ2) is 6.28. The van der Waals surface area contributed by atoms with Crippen molar-refractivity contribution in [3.63, 3.8) is 0 Å². The van der Waals surface area contributed by atoms with Crippen molar-refractivity contribution in [2.24, 2.45) is 11.8 Å².